The SMILES string of the molecule is C[C@H]1CC=CC[C@@H](CC(=O)OC(C)(C)C)C(=O)OC[C@@H](c2ccccc2)NC1=O. The van der Waals surface area contributed by atoms with Gasteiger partial charge in [-0.05, 0) is 39.2 Å². The molecule has 1 heterocycles. The lowest BCUT2D eigenvalue weighted by Gasteiger charge is -2.24. The van der Waals surface area contributed by atoms with Gasteiger partial charge in [-0.2, -0.15) is 0 Å². The van der Waals surface area contributed by atoms with Gasteiger partial charge in [0.25, 0.3) is 0 Å². The average Bonchev–Trinajstić information content (AvgIpc) is 2.65. The minimum atomic E-state index is -0.622. The molecule has 0 unspecified atom stereocenters. The summed E-state index contributed by atoms with van der Waals surface area (Å²) in [5.41, 5.74) is 0.248. The molecule has 2 rings (SSSR count). The largest absolute Gasteiger partial charge is 0.463 e. The number of hydrogen-bond donors (Lipinski definition) is 1. The van der Waals surface area contributed by atoms with E-state index in [1.807, 2.05) is 49.4 Å². The van der Waals surface area contributed by atoms with Crippen LogP contribution in [0.2, 0.25) is 0 Å². The lowest BCUT2D eigenvalue weighted by molar-refractivity contribution is -0.161. The van der Waals surface area contributed by atoms with Crippen LogP contribution in [0.1, 0.15) is 58.6 Å². The van der Waals surface area contributed by atoms with Crippen LogP contribution in [-0.2, 0) is 23.9 Å². The Morgan fingerprint density at radius 3 is 2.45 bits per heavy atom. The van der Waals surface area contributed by atoms with Gasteiger partial charge in [-0.1, -0.05) is 49.4 Å². The van der Waals surface area contributed by atoms with Crippen molar-refractivity contribution in [1.29, 1.82) is 0 Å². The molecule has 0 bridgehead atoms. The Kier molecular flexibility index (Phi) is 8.00. The highest BCUT2D eigenvalue weighted by Crippen LogP contribution is 2.21. The molecule has 0 fully saturated rings. The first-order valence-electron chi connectivity index (χ1n) is 10.0. The molecule has 0 saturated heterocycles. The normalized spacial score (nSPS) is 23.9. The van der Waals surface area contributed by atoms with Crippen LogP contribution < -0.4 is 5.32 Å². The van der Waals surface area contributed by atoms with Gasteiger partial charge in [-0.3, -0.25) is 14.4 Å². The first-order valence-corrected chi connectivity index (χ1v) is 10.0. The summed E-state index contributed by atoms with van der Waals surface area (Å²) in [6.45, 7) is 7.24. The van der Waals surface area contributed by atoms with E-state index in [9.17, 15) is 14.4 Å². The number of amides is 1. The second kappa shape index (κ2) is 10.2. The number of ether oxygens (including phenoxy) is 2. The molecule has 0 aliphatic carbocycles. The third-order valence-corrected chi connectivity index (χ3v) is 4.60. The average molecular weight is 402 g/mol. The molecule has 0 aromatic heterocycles. The highest BCUT2D eigenvalue weighted by Gasteiger charge is 2.28. The van der Waals surface area contributed by atoms with Crippen LogP contribution in [0, 0.1) is 11.8 Å². The molecule has 158 valence electrons. The van der Waals surface area contributed by atoms with Gasteiger partial charge < -0.3 is 14.8 Å². The summed E-state index contributed by atoms with van der Waals surface area (Å²) in [7, 11) is 0. The summed E-state index contributed by atoms with van der Waals surface area (Å²) in [6, 6.07) is 8.95. The van der Waals surface area contributed by atoms with Gasteiger partial charge in [-0.15, -0.1) is 0 Å². The van der Waals surface area contributed by atoms with Gasteiger partial charge >= 0.3 is 11.9 Å². The van der Waals surface area contributed by atoms with E-state index in [-0.39, 0.29) is 24.9 Å². The molecular formula is C23H31NO5. The minimum Gasteiger partial charge on any atom is -0.463 e. The van der Waals surface area contributed by atoms with Gasteiger partial charge in [0, 0.05) is 5.92 Å². The molecule has 29 heavy (non-hydrogen) atoms. The van der Waals surface area contributed by atoms with E-state index in [0.717, 1.165) is 5.56 Å². The van der Waals surface area contributed by atoms with Crippen molar-refractivity contribution in [1.82, 2.24) is 5.32 Å². The number of rotatable bonds is 3. The summed E-state index contributed by atoms with van der Waals surface area (Å²) >= 11 is 0. The monoisotopic (exact) mass is 401 g/mol. The second-order valence-corrected chi connectivity index (χ2v) is 8.43. The lowest BCUT2D eigenvalue weighted by Crippen LogP contribution is -2.36. The van der Waals surface area contributed by atoms with Gasteiger partial charge in [0.05, 0.1) is 18.4 Å². The lowest BCUT2D eigenvalue weighted by atomic mass is 9.98. The predicted octanol–water partition coefficient (Wildman–Crippen LogP) is 3.72. The molecular weight excluding hydrogens is 370 g/mol. The number of cyclic esters (lactones) is 1. The van der Waals surface area contributed by atoms with Crippen LogP contribution in [-0.4, -0.2) is 30.1 Å². The molecule has 0 spiro atoms. The Morgan fingerprint density at radius 2 is 1.79 bits per heavy atom. The van der Waals surface area contributed by atoms with Crippen LogP contribution in [0.5, 0.6) is 0 Å². The summed E-state index contributed by atoms with van der Waals surface area (Å²) in [6.07, 6.45) is 4.58. The van der Waals surface area contributed by atoms with E-state index in [2.05, 4.69) is 5.32 Å². The molecule has 3 atom stereocenters. The second-order valence-electron chi connectivity index (χ2n) is 8.43. The number of benzene rings is 1. The van der Waals surface area contributed by atoms with Crippen LogP contribution in [0.3, 0.4) is 0 Å². The van der Waals surface area contributed by atoms with Gasteiger partial charge in [0.1, 0.15) is 12.2 Å². The van der Waals surface area contributed by atoms with Crippen molar-refractivity contribution in [3.63, 3.8) is 0 Å². The number of carbonyl (C=O) groups is 3. The Hall–Kier alpha value is -2.63. The maximum Gasteiger partial charge on any atom is 0.309 e. The van der Waals surface area contributed by atoms with Crippen molar-refractivity contribution in [3.8, 4) is 0 Å². The van der Waals surface area contributed by atoms with E-state index in [1.165, 1.54) is 0 Å². The van der Waals surface area contributed by atoms with Crippen molar-refractivity contribution in [2.24, 2.45) is 11.8 Å². The maximum atomic E-state index is 12.7. The van der Waals surface area contributed by atoms with Crippen LogP contribution in [0.15, 0.2) is 42.5 Å². The first-order chi connectivity index (χ1) is 13.7. The highest BCUT2D eigenvalue weighted by molar-refractivity contribution is 5.81. The fourth-order valence-corrected chi connectivity index (χ4v) is 3.02. The number of hydrogen-bond acceptors (Lipinski definition) is 5. The summed E-state index contributed by atoms with van der Waals surface area (Å²) in [4.78, 5) is 37.4. The predicted molar refractivity (Wildman–Crippen MR) is 110 cm³/mol. The molecule has 0 saturated carbocycles. The molecule has 1 N–H and O–H groups in total. The van der Waals surface area contributed by atoms with Crippen LogP contribution >= 0.6 is 0 Å². The van der Waals surface area contributed by atoms with Crippen molar-refractivity contribution in [2.45, 2.75) is 58.6 Å². The Morgan fingerprint density at radius 1 is 1.14 bits per heavy atom. The first kappa shape index (κ1) is 22.7. The van der Waals surface area contributed by atoms with E-state index >= 15 is 0 Å². The van der Waals surface area contributed by atoms with Crippen LogP contribution in [0.25, 0.3) is 0 Å². The van der Waals surface area contributed by atoms with Gasteiger partial charge in [0.2, 0.25) is 5.91 Å². The number of allylic oxidation sites excluding steroid dienone is 2. The molecule has 6 nitrogen and oxygen atoms in total. The molecule has 1 aromatic rings. The van der Waals surface area contributed by atoms with E-state index < -0.39 is 29.5 Å². The Labute approximate surface area is 172 Å². The zero-order valence-electron chi connectivity index (χ0n) is 17.6. The smallest absolute Gasteiger partial charge is 0.309 e. The molecule has 1 amide bonds. The van der Waals surface area contributed by atoms with Crippen LogP contribution in [0.4, 0.5) is 0 Å². The zero-order valence-corrected chi connectivity index (χ0v) is 17.6. The Balaban J connectivity index is 2.17. The van der Waals surface area contributed by atoms with Gasteiger partial charge in [0.15, 0.2) is 0 Å². The standard InChI is InChI=1S/C23H31NO5/c1-16-10-8-9-13-18(14-20(25)29-23(2,3)4)22(27)28-15-19(24-21(16)26)17-11-6-5-7-12-17/h5-9,11-12,16,18-19H,10,13-15H2,1-4H3,(H,24,26)/t16-,18-,19-/m0/s1. The fourth-order valence-electron chi connectivity index (χ4n) is 3.02. The minimum absolute atomic E-state index is 0.00976. The topological polar surface area (TPSA) is 81.7 Å². The molecule has 1 aliphatic rings. The van der Waals surface area contributed by atoms with Crippen molar-refractivity contribution in [3.05, 3.63) is 48.0 Å². The molecule has 6 heteroatoms. The van der Waals surface area contributed by atoms with Crippen molar-refractivity contribution >= 4 is 17.8 Å². The van der Waals surface area contributed by atoms with E-state index in [1.54, 1.807) is 20.8 Å². The summed E-state index contributed by atoms with van der Waals surface area (Å²) in [5.74, 6) is -1.82. The summed E-state index contributed by atoms with van der Waals surface area (Å²) in [5, 5.41) is 2.97. The Bertz CT molecular complexity index is 735. The molecule has 1 aliphatic heterocycles. The fraction of sp³-hybridized carbons (Fsp3) is 0.522. The van der Waals surface area contributed by atoms with Gasteiger partial charge in [-0.25, -0.2) is 0 Å². The number of esters is 2. The maximum absolute atomic E-state index is 12.7. The van der Waals surface area contributed by atoms with E-state index in [0.29, 0.717) is 12.8 Å². The highest BCUT2D eigenvalue weighted by atomic mass is 16.6. The number of nitrogens with one attached hydrogen (secondary N) is 1. The quantitative estimate of drug-likeness (QED) is 0.617. The third-order valence-electron chi connectivity index (χ3n) is 4.60. The number of carbonyl (C=O) groups excluding carboxylic acids is 3. The molecule has 0 radical (unpaired) electrons. The zero-order chi connectivity index (χ0) is 21.4. The molecule has 1 aromatic carbocycles. The summed E-state index contributed by atoms with van der Waals surface area (Å²) < 4.78 is 10.9. The third kappa shape index (κ3) is 7.72. The van der Waals surface area contributed by atoms with Crippen molar-refractivity contribution in [2.75, 3.05) is 6.61 Å². The van der Waals surface area contributed by atoms with Crippen molar-refractivity contribution < 1.29 is 23.9 Å². The van der Waals surface area contributed by atoms with E-state index in [4.69, 9.17) is 9.47 Å².